The zero-order valence-electron chi connectivity index (χ0n) is 17.2. The minimum absolute atomic E-state index is 0.0773. The SMILES string of the molecule is CC(C)=CCCN1CCC(NC(=O)C(O)(c2ccncn2)C2CCCC2)CC1. The molecule has 3 rings (SSSR count). The van der Waals surface area contributed by atoms with E-state index in [4.69, 9.17) is 0 Å². The predicted molar refractivity (Wildman–Crippen MR) is 110 cm³/mol. The fourth-order valence-electron chi connectivity index (χ4n) is 4.50. The molecule has 0 aromatic carbocycles. The summed E-state index contributed by atoms with van der Waals surface area (Å²) in [6, 6.07) is 1.78. The largest absolute Gasteiger partial charge is 0.374 e. The fourth-order valence-corrected chi connectivity index (χ4v) is 4.50. The molecule has 0 radical (unpaired) electrons. The van der Waals surface area contributed by atoms with Gasteiger partial charge in [0.2, 0.25) is 0 Å². The molecule has 1 aliphatic carbocycles. The molecule has 1 saturated carbocycles. The Morgan fingerprint density at radius 3 is 2.61 bits per heavy atom. The van der Waals surface area contributed by atoms with E-state index in [0.29, 0.717) is 5.69 Å². The lowest BCUT2D eigenvalue weighted by atomic mass is 9.81. The fraction of sp³-hybridized carbons (Fsp3) is 0.682. The van der Waals surface area contributed by atoms with Gasteiger partial charge in [-0.3, -0.25) is 4.79 Å². The highest BCUT2D eigenvalue weighted by molar-refractivity contribution is 5.86. The van der Waals surface area contributed by atoms with Crippen molar-refractivity contribution in [2.45, 2.75) is 70.4 Å². The first kappa shape index (κ1) is 20.9. The summed E-state index contributed by atoms with van der Waals surface area (Å²) in [5.74, 6) is -0.368. The normalized spacial score (nSPS) is 21.2. The van der Waals surface area contributed by atoms with E-state index in [-0.39, 0.29) is 17.9 Å². The van der Waals surface area contributed by atoms with Crippen LogP contribution in [0.5, 0.6) is 0 Å². The van der Waals surface area contributed by atoms with Crippen molar-refractivity contribution in [3.8, 4) is 0 Å². The second kappa shape index (κ2) is 9.61. The van der Waals surface area contributed by atoms with Crippen LogP contribution in [0.15, 0.2) is 30.2 Å². The van der Waals surface area contributed by atoms with Gasteiger partial charge in [0.1, 0.15) is 6.33 Å². The molecule has 0 bridgehead atoms. The maximum absolute atomic E-state index is 13.2. The van der Waals surface area contributed by atoms with E-state index in [9.17, 15) is 9.90 Å². The molecule has 2 heterocycles. The van der Waals surface area contributed by atoms with Crippen molar-refractivity contribution in [1.29, 1.82) is 0 Å². The third kappa shape index (κ3) is 4.97. The lowest BCUT2D eigenvalue weighted by molar-refractivity contribution is -0.149. The van der Waals surface area contributed by atoms with Crippen LogP contribution in [0, 0.1) is 5.92 Å². The van der Waals surface area contributed by atoms with E-state index in [1.165, 1.54) is 11.9 Å². The van der Waals surface area contributed by atoms with Crippen LogP contribution in [0.2, 0.25) is 0 Å². The molecule has 1 aromatic heterocycles. The Morgan fingerprint density at radius 1 is 1.29 bits per heavy atom. The van der Waals surface area contributed by atoms with Gasteiger partial charge < -0.3 is 15.3 Å². The zero-order chi connectivity index (χ0) is 20.0. The number of aromatic nitrogens is 2. The molecule has 0 spiro atoms. The number of hydrogen-bond donors (Lipinski definition) is 2. The molecule has 28 heavy (non-hydrogen) atoms. The zero-order valence-corrected chi connectivity index (χ0v) is 17.2. The van der Waals surface area contributed by atoms with Gasteiger partial charge in [0.05, 0.1) is 5.69 Å². The van der Waals surface area contributed by atoms with E-state index in [2.05, 4.69) is 40.1 Å². The van der Waals surface area contributed by atoms with Crippen LogP contribution in [0.1, 0.15) is 64.5 Å². The number of likely N-dealkylation sites (tertiary alicyclic amines) is 1. The lowest BCUT2D eigenvalue weighted by Crippen LogP contribution is -2.54. The molecule has 6 nitrogen and oxygen atoms in total. The monoisotopic (exact) mass is 386 g/mol. The molecule has 154 valence electrons. The van der Waals surface area contributed by atoms with E-state index in [1.807, 2.05) is 0 Å². The van der Waals surface area contributed by atoms with Crippen molar-refractivity contribution in [3.63, 3.8) is 0 Å². The summed E-state index contributed by atoms with van der Waals surface area (Å²) < 4.78 is 0. The third-order valence-corrected chi connectivity index (χ3v) is 6.19. The van der Waals surface area contributed by atoms with Crippen LogP contribution in [0.4, 0.5) is 0 Å². The first-order valence-corrected chi connectivity index (χ1v) is 10.7. The molecule has 1 aliphatic heterocycles. The van der Waals surface area contributed by atoms with Gasteiger partial charge in [0, 0.05) is 37.8 Å². The van der Waals surface area contributed by atoms with E-state index < -0.39 is 5.60 Å². The van der Waals surface area contributed by atoms with Crippen molar-refractivity contribution in [2.75, 3.05) is 19.6 Å². The molecule has 1 saturated heterocycles. The van der Waals surface area contributed by atoms with Gasteiger partial charge in [0.25, 0.3) is 5.91 Å². The van der Waals surface area contributed by atoms with Crippen molar-refractivity contribution < 1.29 is 9.90 Å². The Balaban J connectivity index is 1.60. The number of aliphatic hydroxyl groups is 1. The average molecular weight is 387 g/mol. The topological polar surface area (TPSA) is 78.4 Å². The van der Waals surface area contributed by atoms with Crippen LogP contribution in [0.25, 0.3) is 0 Å². The number of amides is 1. The van der Waals surface area contributed by atoms with Gasteiger partial charge in [-0.25, -0.2) is 9.97 Å². The summed E-state index contributed by atoms with van der Waals surface area (Å²) in [6.07, 6.45) is 12.0. The van der Waals surface area contributed by atoms with Crippen LogP contribution >= 0.6 is 0 Å². The first-order valence-electron chi connectivity index (χ1n) is 10.7. The summed E-state index contributed by atoms with van der Waals surface area (Å²) >= 11 is 0. The van der Waals surface area contributed by atoms with Crippen LogP contribution in [-0.2, 0) is 10.4 Å². The van der Waals surface area contributed by atoms with Gasteiger partial charge in [-0.2, -0.15) is 0 Å². The highest BCUT2D eigenvalue weighted by atomic mass is 16.3. The second-order valence-electron chi connectivity index (χ2n) is 8.50. The average Bonchev–Trinajstić information content (AvgIpc) is 3.24. The highest BCUT2D eigenvalue weighted by Crippen LogP contribution is 2.40. The molecule has 1 aromatic rings. The number of nitrogens with zero attached hydrogens (tertiary/aromatic N) is 3. The number of carbonyl (C=O) groups excluding carboxylic acids is 1. The summed E-state index contributed by atoms with van der Waals surface area (Å²) in [4.78, 5) is 23.8. The molecule has 1 amide bonds. The van der Waals surface area contributed by atoms with Crippen molar-refractivity contribution in [2.24, 2.45) is 5.92 Å². The number of hydrogen-bond acceptors (Lipinski definition) is 5. The predicted octanol–water partition coefficient (Wildman–Crippen LogP) is 2.79. The van der Waals surface area contributed by atoms with E-state index in [0.717, 1.165) is 64.6 Å². The first-order chi connectivity index (χ1) is 13.5. The molecular weight excluding hydrogens is 352 g/mol. The Bertz CT molecular complexity index is 660. The van der Waals surface area contributed by atoms with Gasteiger partial charge in [-0.05, 0) is 52.0 Å². The Hall–Kier alpha value is -1.79. The Labute approximate surface area is 168 Å². The Kier molecular flexibility index (Phi) is 7.18. The Morgan fingerprint density at radius 2 is 2.00 bits per heavy atom. The van der Waals surface area contributed by atoms with Gasteiger partial charge in [-0.1, -0.05) is 24.5 Å². The van der Waals surface area contributed by atoms with Gasteiger partial charge >= 0.3 is 0 Å². The summed E-state index contributed by atoms with van der Waals surface area (Å²) in [6.45, 7) is 7.29. The maximum atomic E-state index is 13.2. The van der Waals surface area contributed by atoms with E-state index in [1.54, 1.807) is 12.3 Å². The molecule has 2 fully saturated rings. The summed E-state index contributed by atoms with van der Waals surface area (Å²) in [7, 11) is 0. The lowest BCUT2D eigenvalue weighted by Gasteiger charge is -2.36. The minimum Gasteiger partial charge on any atom is -0.374 e. The molecule has 2 N–H and O–H groups in total. The smallest absolute Gasteiger partial charge is 0.258 e. The molecule has 1 atom stereocenters. The molecule has 2 aliphatic rings. The third-order valence-electron chi connectivity index (χ3n) is 6.19. The van der Waals surface area contributed by atoms with E-state index >= 15 is 0 Å². The van der Waals surface area contributed by atoms with Crippen LogP contribution < -0.4 is 5.32 Å². The molecular formula is C22H34N4O2. The number of nitrogens with one attached hydrogen (secondary N) is 1. The second-order valence-corrected chi connectivity index (χ2v) is 8.50. The highest BCUT2D eigenvalue weighted by Gasteiger charge is 2.48. The van der Waals surface area contributed by atoms with Gasteiger partial charge in [-0.15, -0.1) is 0 Å². The standard InChI is InChI=1S/C22H34N4O2/c1-17(2)6-5-13-26-14-10-19(11-15-26)25-21(27)22(28,18-7-3-4-8-18)20-9-12-23-16-24-20/h6,9,12,16,18-19,28H,3-5,7-8,10-11,13-15H2,1-2H3,(H,25,27). The van der Waals surface area contributed by atoms with Gasteiger partial charge in [0.15, 0.2) is 5.60 Å². The number of carbonyl (C=O) groups is 1. The van der Waals surface area contributed by atoms with Crippen LogP contribution in [-0.4, -0.2) is 51.6 Å². The van der Waals surface area contributed by atoms with Crippen molar-refractivity contribution in [3.05, 3.63) is 35.9 Å². The number of piperidine rings is 1. The number of rotatable bonds is 7. The maximum Gasteiger partial charge on any atom is 0.258 e. The minimum atomic E-state index is -1.56. The van der Waals surface area contributed by atoms with Crippen molar-refractivity contribution >= 4 is 5.91 Å². The summed E-state index contributed by atoms with van der Waals surface area (Å²) in [5.41, 5.74) is 0.226. The number of allylic oxidation sites excluding steroid dienone is 1. The molecule has 6 heteroatoms. The van der Waals surface area contributed by atoms with Crippen molar-refractivity contribution in [1.82, 2.24) is 20.2 Å². The van der Waals surface area contributed by atoms with Crippen LogP contribution in [0.3, 0.4) is 0 Å². The quantitative estimate of drug-likeness (QED) is 0.705. The summed E-state index contributed by atoms with van der Waals surface area (Å²) in [5, 5.41) is 14.6. The molecule has 1 unspecified atom stereocenters.